The number of hydrogen-bond acceptors (Lipinski definition) is 4. The average molecular weight is 204 g/mol. The second-order valence-electron chi connectivity index (χ2n) is 3.47. The molecular weight excluding hydrogens is 184 g/mol. The Morgan fingerprint density at radius 3 is 2.79 bits per heavy atom. The van der Waals surface area contributed by atoms with Crippen LogP contribution in [0, 0.1) is 0 Å². The van der Waals surface area contributed by atoms with Gasteiger partial charge in [0.25, 0.3) is 0 Å². The van der Waals surface area contributed by atoms with E-state index in [1.54, 1.807) is 6.92 Å². The van der Waals surface area contributed by atoms with Crippen LogP contribution in [0.2, 0.25) is 0 Å². The minimum absolute atomic E-state index is 0.00298. The minimum atomic E-state index is -0.844. The SMILES string of the molecule is CCC(C)(O)CNC(=O)COCCN. The lowest BCUT2D eigenvalue weighted by molar-refractivity contribution is -0.126. The Kier molecular flexibility index (Phi) is 6.44. The van der Waals surface area contributed by atoms with Crippen LogP contribution in [0.15, 0.2) is 0 Å². The number of aliphatic hydroxyl groups is 1. The van der Waals surface area contributed by atoms with E-state index in [2.05, 4.69) is 5.32 Å². The first kappa shape index (κ1) is 13.4. The second-order valence-corrected chi connectivity index (χ2v) is 3.47. The van der Waals surface area contributed by atoms with E-state index >= 15 is 0 Å². The Labute approximate surface area is 84.6 Å². The topological polar surface area (TPSA) is 84.6 Å². The van der Waals surface area contributed by atoms with Crippen LogP contribution in [0.4, 0.5) is 0 Å². The van der Waals surface area contributed by atoms with E-state index in [1.165, 1.54) is 0 Å². The summed E-state index contributed by atoms with van der Waals surface area (Å²) >= 11 is 0. The Bertz CT molecular complexity index is 171. The second kappa shape index (κ2) is 6.75. The van der Waals surface area contributed by atoms with E-state index < -0.39 is 5.60 Å². The van der Waals surface area contributed by atoms with Crippen molar-refractivity contribution in [1.82, 2.24) is 5.32 Å². The van der Waals surface area contributed by atoms with Crippen LogP contribution in [0.25, 0.3) is 0 Å². The van der Waals surface area contributed by atoms with Crippen LogP contribution in [0.3, 0.4) is 0 Å². The molecule has 0 bridgehead atoms. The molecule has 0 saturated carbocycles. The van der Waals surface area contributed by atoms with Crippen LogP contribution >= 0.6 is 0 Å². The summed E-state index contributed by atoms with van der Waals surface area (Å²) in [6.45, 7) is 4.55. The Morgan fingerprint density at radius 1 is 1.64 bits per heavy atom. The summed E-state index contributed by atoms with van der Waals surface area (Å²) in [5.74, 6) is -0.229. The Morgan fingerprint density at radius 2 is 2.29 bits per heavy atom. The van der Waals surface area contributed by atoms with Gasteiger partial charge in [-0.3, -0.25) is 4.79 Å². The van der Waals surface area contributed by atoms with Crippen LogP contribution in [0.1, 0.15) is 20.3 Å². The van der Waals surface area contributed by atoms with Gasteiger partial charge >= 0.3 is 0 Å². The molecule has 1 atom stereocenters. The van der Waals surface area contributed by atoms with Crippen molar-refractivity contribution in [1.29, 1.82) is 0 Å². The number of ether oxygens (including phenoxy) is 1. The molecule has 0 rings (SSSR count). The molecule has 5 heteroatoms. The van der Waals surface area contributed by atoms with Crippen molar-refractivity contribution in [2.75, 3.05) is 26.3 Å². The maximum absolute atomic E-state index is 11.1. The number of nitrogens with one attached hydrogen (secondary N) is 1. The number of carbonyl (C=O) groups excluding carboxylic acids is 1. The van der Waals surface area contributed by atoms with Gasteiger partial charge in [0.1, 0.15) is 6.61 Å². The fraction of sp³-hybridized carbons (Fsp3) is 0.889. The van der Waals surface area contributed by atoms with E-state index in [0.717, 1.165) is 0 Å². The summed E-state index contributed by atoms with van der Waals surface area (Å²) in [7, 11) is 0. The molecule has 0 aromatic rings. The van der Waals surface area contributed by atoms with Gasteiger partial charge < -0.3 is 20.9 Å². The summed E-state index contributed by atoms with van der Waals surface area (Å²) in [4.78, 5) is 11.1. The number of carbonyl (C=O) groups is 1. The molecule has 4 N–H and O–H groups in total. The van der Waals surface area contributed by atoms with Crippen molar-refractivity contribution >= 4 is 5.91 Å². The number of rotatable bonds is 7. The molecule has 0 aliphatic carbocycles. The lowest BCUT2D eigenvalue weighted by Gasteiger charge is -2.21. The zero-order chi connectivity index (χ0) is 11.0. The van der Waals surface area contributed by atoms with Gasteiger partial charge in [0.2, 0.25) is 5.91 Å². The zero-order valence-electron chi connectivity index (χ0n) is 8.88. The van der Waals surface area contributed by atoms with Gasteiger partial charge in [-0.2, -0.15) is 0 Å². The lowest BCUT2D eigenvalue weighted by Crippen LogP contribution is -2.41. The van der Waals surface area contributed by atoms with E-state index in [1.807, 2.05) is 6.92 Å². The Hall–Kier alpha value is -0.650. The van der Waals surface area contributed by atoms with Crippen LogP contribution in [-0.4, -0.2) is 42.9 Å². The highest BCUT2D eigenvalue weighted by Crippen LogP contribution is 2.05. The molecule has 14 heavy (non-hydrogen) atoms. The van der Waals surface area contributed by atoms with E-state index in [0.29, 0.717) is 19.6 Å². The maximum atomic E-state index is 11.1. The summed E-state index contributed by atoms with van der Waals surface area (Å²) in [6, 6.07) is 0. The van der Waals surface area contributed by atoms with Crippen molar-refractivity contribution in [3.8, 4) is 0 Å². The summed E-state index contributed by atoms with van der Waals surface area (Å²) in [5, 5.41) is 12.1. The molecule has 0 aliphatic heterocycles. The molecule has 84 valence electrons. The van der Waals surface area contributed by atoms with Gasteiger partial charge in [-0.05, 0) is 13.3 Å². The summed E-state index contributed by atoms with van der Waals surface area (Å²) in [5.41, 5.74) is 4.34. The number of nitrogens with two attached hydrogens (primary N) is 1. The van der Waals surface area contributed by atoms with Crippen molar-refractivity contribution in [2.45, 2.75) is 25.9 Å². The predicted octanol–water partition coefficient (Wildman–Crippen LogP) is -0.761. The molecule has 0 fully saturated rings. The molecule has 1 amide bonds. The monoisotopic (exact) mass is 204 g/mol. The van der Waals surface area contributed by atoms with E-state index in [9.17, 15) is 9.90 Å². The molecule has 0 heterocycles. The third-order valence-corrected chi connectivity index (χ3v) is 1.92. The molecule has 0 radical (unpaired) electrons. The van der Waals surface area contributed by atoms with Crippen molar-refractivity contribution < 1.29 is 14.6 Å². The molecule has 0 spiro atoms. The molecule has 0 aliphatic rings. The zero-order valence-corrected chi connectivity index (χ0v) is 8.88. The molecule has 0 saturated heterocycles. The molecule has 5 nitrogen and oxygen atoms in total. The highest BCUT2D eigenvalue weighted by Gasteiger charge is 2.17. The average Bonchev–Trinajstić information content (AvgIpc) is 2.16. The smallest absolute Gasteiger partial charge is 0.246 e. The third-order valence-electron chi connectivity index (χ3n) is 1.92. The molecule has 1 unspecified atom stereocenters. The summed E-state index contributed by atoms with van der Waals surface area (Å²) < 4.78 is 4.92. The van der Waals surface area contributed by atoms with Gasteiger partial charge in [-0.15, -0.1) is 0 Å². The fourth-order valence-corrected chi connectivity index (χ4v) is 0.713. The molecular formula is C9H20N2O3. The van der Waals surface area contributed by atoms with E-state index in [4.69, 9.17) is 10.5 Å². The highest BCUT2D eigenvalue weighted by atomic mass is 16.5. The van der Waals surface area contributed by atoms with Gasteiger partial charge in [-0.1, -0.05) is 6.92 Å². The van der Waals surface area contributed by atoms with Crippen LogP contribution in [-0.2, 0) is 9.53 Å². The van der Waals surface area contributed by atoms with E-state index in [-0.39, 0.29) is 19.1 Å². The van der Waals surface area contributed by atoms with Crippen molar-refractivity contribution in [3.05, 3.63) is 0 Å². The normalized spacial score (nSPS) is 14.9. The van der Waals surface area contributed by atoms with Gasteiger partial charge in [-0.25, -0.2) is 0 Å². The van der Waals surface area contributed by atoms with Crippen molar-refractivity contribution in [2.24, 2.45) is 5.73 Å². The first-order valence-corrected chi connectivity index (χ1v) is 4.78. The molecule has 0 aromatic carbocycles. The highest BCUT2D eigenvalue weighted by molar-refractivity contribution is 5.77. The van der Waals surface area contributed by atoms with Crippen LogP contribution in [0.5, 0.6) is 0 Å². The predicted molar refractivity (Wildman–Crippen MR) is 53.8 cm³/mol. The first-order valence-electron chi connectivity index (χ1n) is 4.78. The van der Waals surface area contributed by atoms with Gasteiger partial charge in [0, 0.05) is 13.1 Å². The fourth-order valence-electron chi connectivity index (χ4n) is 0.713. The first-order chi connectivity index (χ1) is 6.52. The lowest BCUT2D eigenvalue weighted by atomic mass is 10.0. The quantitative estimate of drug-likeness (QED) is 0.476. The standard InChI is InChI=1S/C9H20N2O3/c1-3-9(2,13)7-11-8(12)6-14-5-4-10/h13H,3-7,10H2,1-2H3,(H,11,12). The molecule has 0 aromatic heterocycles. The minimum Gasteiger partial charge on any atom is -0.388 e. The van der Waals surface area contributed by atoms with Crippen molar-refractivity contribution in [3.63, 3.8) is 0 Å². The van der Waals surface area contributed by atoms with Gasteiger partial charge in [0.15, 0.2) is 0 Å². The van der Waals surface area contributed by atoms with Crippen LogP contribution < -0.4 is 11.1 Å². The number of hydrogen-bond donors (Lipinski definition) is 3. The largest absolute Gasteiger partial charge is 0.388 e. The third kappa shape index (κ3) is 6.82. The number of amides is 1. The van der Waals surface area contributed by atoms with Gasteiger partial charge in [0.05, 0.1) is 12.2 Å². The summed E-state index contributed by atoms with van der Waals surface area (Å²) in [6.07, 6.45) is 0.594. The maximum Gasteiger partial charge on any atom is 0.246 e. The Balaban J connectivity index is 3.53.